The summed E-state index contributed by atoms with van der Waals surface area (Å²) < 4.78 is 26.5. The highest BCUT2D eigenvalue weighted by molar-refractivity contribution is 5.86. The van der Waals surface area contributed by atoms with Crippen LogP contribution in [-0.2, 0) is 15.1 Å². The third kappa shape index (κ3) is 2.41. The Bertz CT molecular complexity index is 476. The summed E-state index contributed by atoms with van der Waals surface area (Å²) in [4.78, 5) is 22.1. The van der Waals surface area contributed by atoms with Gasteiger partial charge in [-0.3, -0.25) is 4.79 Å². The van der Waals surface area contributed by atoms with Gasteiger partial charge in [-0.1, -0.05) is 12.1 Å². The van der Waals surface area contributed by atoms with Gasteiger partial charge in [0.1, 0.15) is 0 Å². The van der Waals surface area contributed by atoms with Crippen LogP contribution >= 0.6 is 0 Å². The van der Waals surface area contributed by atoms with E-state index in [2.05, 4.69) is 5.32 Å². The standard InChI is InChI=1S/C11H11F2NO3/c1-6(15)14-11(2,10(16)17)7-4-3-5-8(12)9(7)13/h3-5H,1-2H3,(H,14,15)(H,16,17). The van der Waals surface area contributed by atoms with Crippen molar-refractivity contribution in [2.45, 2.75) is 19.4 Å². The molecule has 0 aliphatic carbocycles. The summed E-state index contributed by atoms with van der Waals surface area (Å²) >= 11 is 0. The predicted octanol–water partition coefficient (Wildman–Crippen LogP) is 1.40. The average Bonchev–Trinajstić information content (AvgIpc) is 2.20. The minimum Gasteiger partial charge on any atom is -0.479 e. The Kier molecular flexibility index (Phi) is 3.45. The third-order valence-electron chi connectivity index (χ3n) is 2.34. The van der Waals surface area contributed by atoms with Crippen LogP contribution < -0.4 is 5.32 Å². The minimum atomic E-state index is -2.00. The van der Waals surface area contributed by atoms with Gasteiger partial charge in [-0.05, 0) is 13.0 Å². The molecule has 0 bridgehead atoms. The van der Waals surface area contributed by atoms with Crippen LogP contribution in [0, 0.1) is 11.6 Å². The fourth-order valence-corrected chi connectivity index (χ4v) is 1.48. The highest BCUT2D eigenvalue weighted by atomic mass is 19.2. The van der Waals surface area contributed by atoms with Crippen molar-refractivity contribution in [2.75, 3.05) is 0 Å². The molecule has 0 aromatic heterocycles. The first-order valence-corrected chi connectivity index (χ1v) is 4.75. The van der Waals surface area contributed by atoms with E-state index in [0.717, 1.165) is 26.0 Å². The molecule has 17 heavy (non-hydrogen) atoms. The first-order chi connectivity index (χ1) is 7.79. The van der Waals surface area contributed by atoms with Gasteiger partial charge in [0.25, 0.3) is 0 Å². The SMILES string of the molecule is CC(=O)NC(C)(C(=O)O)c1cccc(F)c1F. The quantitative estimate of drug-likeness (QED) is 0.843. The van der Waals surface area contributed by atoms with E-state index in [0.29, 0.717) is 0 Å². The molecule has 2 N–H and O–H groups in total. The van der Waals surface area contributed by atoms with Crippen LogP contribution in [0.4, 0.5) is 8.78 Å². The lowest BCUT2D eigenvalue weighted by Crippen LogP contribution is -2.49. The van der Waals surface area contributed by atoms with E-state index in [-0.39, 0.29) is 0 Å². The van der Waals surface area contributed by atoms with Gasteiger partial charge in [-0.15, -0.1) is 0 Å². The van der Waals surface area contributed by atoms with Crippen LogP contribution in [0.1, 0.15) is 19.4 Å². The van der Waals surface area contributed by atoms with Gasteiger partial charge in [0.15, 0.2) is 17.2 Å². The summed E-state index contributed by atoms with van der Waals surface area (Å²) in [7, 11) is 0. The van der Waals surface area contributed by atoms with Gasteiger partial charge in [0.2, 0.25) is 5.91 Å². The largest absolute Gasteiger partial charge is 0.479 e. The van der Waals surface area contributed by atoms with Gasteiger partial charge in [0.05, 0.1) is 0 Å². The van der Waals surface area contributed by atoms with E-state index in [9.17, 15) is 18.4 Å². The van der Waals surface area contributed by atoms with Crippen LogP contribution in [0.3, 0.4) is 0 Å². The van der Waals surface area contributed by atoms with Crippen molar-refractivity contribution in [1.29, 1.82) is 0 Å². The van der Waals surface area contributed by atoms with Crippen molar-refractivity contribution in [1.82, 2.24) is 5.32 Å². The number of nitrogens with one attached hydrogen (secondary N) is 1. The van der Waals surface area contributed by atoms with E-state index < -0.39 is 34.6 Å². The molecule has 0 heterocycles. The molecule has 0 saturated carbocycles. The lowest BCUT2D eigenvalue weighted by Gasteiger charge is -2.26. The topological polar surface area (TPSA) is 66.4 Å². The molecule has 0 spiro atoms. The van der Waals surface area contributed by atoms with Gasteiger partial charge < -0.3 is 10.4 Å². The van der Waals surface area contributed by atoms with Crippen LogP contribution in [0.5, 0.6) is 0 Å². The monoisotopic (exact) mass is 243 g/mol. The highest BCUT2D eigenvalue weighted by Crippen LogP contribution is 2.25. The summed E-state index contributed by atoms with van der Waals surface area (Å²) in [5, 5.41) is 11.1. The van der Waals surface area contributed by atoms with Crippen LogP contribution in [0.15, 0.2) is 18.2 Å². The molecule has 0 aliphatic heterocycles. The summed E-state index contributed by atoms with van der Waals surface area (Å²) in [5.41, 5.74) is -2.43. The van der Waals surface area contributed by atoms with Crippen molar-refractivity contribution >= 4 is 11.9 Å². The number of amides is 1. The molecular weight excluding hydrogens is 232 g/mol. The van der Waals surface area contributed by atoms with Crippen LogP contribution in [0.25, 0.3) is 0 Å². The van der Waals surface area contributed by atoms with E-state index >= 15 is 0 Å². The second kappa shape index (κ2) is 4.48. The molecule has 0 aliphatic rings. The van der Waals surface area contributed by atoms with Crippen molar-refractivity contribution in [2.24, 2.45) is 0 Å². The Morgan fingerprint density at radius 3 is 2.41 bits per heavy atom. The second-order valence-electron chi connectivity index (χ2n) is 3.71. The second-order valence-corrected chi connectivity index (χ2v) is 3.71. The van der Waals surface area contributed by atoms with Gasteiger partial charge >= 0.3 is 5.97 Å². The van der Waals surface area contributed by atoms with Crippen LogP contribution in [0.2, 0.25) is 0 Å². The Balaban J connectivity index is 3.37. The van der Waals surface area contributed by atoms with Gasteiger partial charge in [0, 0.05) is 12.5 Å². The van der Waals surface area contributed by atoms with Crippen molar-refractivity contribution in [3.63, 3.8) is 0 Å². The first kappa shape index (κ1) is 13.1. The Labute approximate surface area is 96.3 Å². The molecule has 0 radical (unpaired) electrons. The van der Waals surface area contributed by atoms with Crippen molar-refractivity contribution in [3.8, 4) is 0 Å². The molecule has 92 valence electrons. The number of carbonyl (C=O) groups is 2. The summed E-state index contributed by atoms with van der Waals surface area (Å²) in [6.07, 6.45) is 0. The maximum Gasteiger partial charge on any atom is 0.333 e. The maximum absolute atomic E-state index is 13.5. The molecule has 1 unspecified atom stereocenters. The number of carboxylic acids is 1. The maximum atomic E-state index is 13.5. The van der Waals surface area contributed by atoms with Crippen molar-refractivity contribution in [3.05, 3.63) is 35.4 Å². The molecule has 0 fully saturated rings. The molecular formula is C11H11F2NO3. The molecule has 1 aromatic carbocycles. The Morgan fingerprint density at radius 2 is 1.94 bits per heavy atom. The number of hydrogen-bond donors (Lipinski definition) is 2. The lowest BCUT2D eigenvalue weighted by molar-refractivity contribution is -0.147. The first-order valence-electron chi connectivity index (χ1n) is 4.75. The average molecular weight is 243 g/mol. The molecule has 4 nitrogen and oxygen atoms in total. The number of hydrogen-bond acceptors (Lipinski definition) is 2. The molecule has 1 rings (SSSR count). The molecule has 1 aromatic rings. The number of halogens is 2. The number of carbonyl (C=O) groups excluding carboxylic acids is 1. The molecule has 1 amide bonds. The number of aliphatic carboxylic acids is 1. The smallest absolute Gasteiger partial charge is 0.333 e. The normalized spacial score (nSPS) is 13.9. The van der Waals surface area contributed by atoms with E-state index in [4.69, 9.17) is 5.11 Å². The fourth-order valence-electron chi connectivity index (χ4n) is 1.48. The van der Waals surface area contributed by atoms with Crippen LogP contribution in [-0.4, -0.2) is 17.0 Å². The number of carboxylic acid groups (broad SMARTS) is 1. The third-order valence-corrected chi connectivity index (χ3v) is 2.34. The van der Waals surface area contributed by atoms with Gasteiger partial charge in [-0.2, -0.15) is 0 Å². The van der Waals surface area contributed by atoms with E-state index in [1.54, 1.807) is 0 Å². The summed E-state index contributed by atoms with van der Waals surface area (Å²) in [6.45, 7) is 2.19. The number of benzene rings is 1. The number of rotatable bonds is 3. The summed E-state index contributed by atoms with van der Waals surface area (Å²) in [5.74, 6) is -4.58. The summed E-state index contributed by atoms with van der Waals surface area (Å²) in [6, 6.07) is 3.16. The van der Waals surface area contributed by atoms with E-state index in [1.165, 1.54) is 6.07 Å². The highest BCUT2D eigenvalue weighted by Gasteiger charge is 2.39. The Hall–Kier alpha value is -1.98. The van der Waals surface area contributed by atoms with Gasteiger partial charge in [-0.25, -0.2) is 13.6 Å². The Morgan fingerprint density at radius 1 is 1.35 bits per heavy atom. The molecule has 1 atom stereocenters. The zero-order valence-electron chi connectivity index (χ0n) is 9.25. The molecule has 0 saturated heterocycles. The predicted molar refractivity (Wildman–Crippen MR) is 55.2 cm³/mol. The van der Waals surface area contributed by atoms with E-state index in [1.807, 2.05) is 0 Å². The lowest BCUT2D eigenvalue weighted by atomic mass is 9.91. The minimum absolute atomic E-state index is 0.430. The molecule has 6 heteroatoms. The zero-order valence-corrected chi connectivity index (χ0v) is 9.25. The zero-order chi connectivity index (χ0) is 13.2. The fraction of sp³-hybridized carbons (Fsp3) is 0.273. The van der Waals surface area contributed by atoms with Crippen molar-refractivity contribution < 1.29 is 23.5 Å².